The van der Waals surface area contributed by atoms with Gasteiger partial charge >= 0.3 is 0 Å². The van der Waals surface area contributed by atoms with Crippen molar-refractivity contribution in [1.82, 2.24) is 9.97 Å². The summed E-state index contributed by atoms with van der Waals surface area (Å²) in [6.07, 6.45) is 4.99. The number of hydrogen-bond acceptors (Lipinski definition) is 3. The average molecular weight is 186 g/mol. The van der Waals surface area contributed by atoms with Crippen LogP contribution in [0.2, 0.25) is 0 Å². The molecule has 3 nitrogen and oxygen atoms in total. The van der Waals surface area contributed by atoms with Crippen molar-refractivity contribution in [2.24, 2.45) is 0 Å². The van der Waals surface area contributed by atoms with Crippen LogP contribution in [0.5, 0.6) is 5.75 Å². The van der Waals surface area contributed by atoms with E-state index in [0.717, 1.165) is 16.8 Å². The number of rotatable bonds is 1. The lowest BCUT2D eigenvalue weighted by molar-refractivity contribution is 0.471. The van der Waals surface area contributed by atoms with E-state index >= 15 is 0 Å². The van der Waals surface area contributed by atoms with Crippen LogP contribution in [0, 0.1) is 6.92 Å². The van der Waals surface area contributed by atoms with E-state index in [9.17, 15) is 5.11 Å². The molecule has 0 amide bonds. The fourth-order valence-electron chi connectivity index (χ4n) is 1.26. The zero-order valence-electron chi connectivity index (χ0n) is 7.81. The third kappa shape index (κ3) is 1.57. The van der Waals surface area contributed by atoms with Gasteiger partial charge in [0.25, 0.3) is 0 Å². The zero-order valence-corrected chi connectivity index (χ0v) is 7.81. The maximum Gasteiger partial charge on any atom is 0.118 e. The molecule has 0 saturated carbocycles. The van der Waals surface area contributed by atoms with Gasteiger partial charge in [0.15, 0.2) is 0 Å². The fourth-order valence-corrected chi connectivity index (χ4v) is 1.26. The Bertz CT molecular complexity index is 440. The highest BCUT2D eigenvalue weighted by Crippen LogP contribution is 2.22. The summed E-state index contributed by atoms with van der Waals surface area (Å²) in [6.45, 7) is 1.86. The van der Waals surface area contributed by atoms with Gasteiger partial charge in [0.05, 0.1) is 11.9 Å². The summed E-state index contributed by atoms with van der Waals surface area (Å²) in [5.41, 5.74) is 2.62. The van der Waals surface area contributed by atoms with Crippen LogP contribution in [-0.4, -0.2) is 15.1 Å². The average Bonchev–Trinajstić information content (AvgIpc) is 2.23. The Morgan fingerprint density at radius 3 is 2.71 bits per heavy atom. The molecule has 0 bridgehead atoms. The number of benzene rings is 1. The van der Waals surface area contributed by atoms with Crippen molar-refractivity contribution in [3.63, 3.8) is 0 Å². The Morgan fingerprint density at radius 2 is 2.07 bits per heavy atom. The van der Waals surface area contributed by atoms with Crippen LogP contribution >= 0.6 is 0 Å². The Kier molecular flexibility index (Phi) is 2.14. The first-order valence-electron chi connectivity index (χ1n) is 4.33. The summed E-state index contributed by atoms with van der Waals surface area (Å²) in [5, 5.41) is 9.35. The summed E-state index contributed by atoms with van der Waals surface area (Å²) in [6, 6.07) is 5.38. The van der Waals surface area contributed by atoms with E-state index in [1.165, 1.54) is 0 Å². The Balaban J connectivity index is 2.48. The van der Waals surface area contributed by atoms with Crippen LogP contribution < -0.4 is 0 Å². The van der Waals surface area contributed by atoms with Gasteiger partial charge in [-0.1, -0.05) is 0 Å². The summed E-state index contributed by atoms with van der Waals surface area (Å²) in [4.78, 5) is 8.16. The van der Waals surface area contributed by atoms with Crippen LogP contribution in [0.1, 0.15) is 5.56 Å². The molecule has 70 valence electrons. The second-order valence-corrected chi connectivity index (χ2v) is 3.09. The quantitative estimate of drug-likeness (QED) is 0.742. The monoisotopic (exact) mass is 186 g/mol. The van der Waals surface area contributed by atoms with Gasteiger partial charge in [-0.05, 0) is 30.7 Å². The fraction of sp³-hybridized carbons (Fsp3) is 0.0909. The number of aromatic hydroxyl groups is 1. The topological polar surface area (TPSA) is 46.0 Å². The molecule has 2 aromatic rings. The molecule has 0 saturated heterocycles. The first kappa shape index (κ1) is 8.69. The van der Waals surface area contributed by atoms with E-state index in [0.29, 0.717) is 5.75 Å². The highest BCUT2D eigenvalue weighted by molar-refractivity contribution is 5.60. The molecule has 0 atom stereocenters. The van der Waals surface area contributed by atoms with Gasteiger partial charge in [0, 0.05) is 18.0 Å². The number of phenolic OH excluding ortho intramolecular Hbond substituents is 1. The van der Waals surface area contributed by atoms with E-state index in [2.05, 4.69) is 9.97 Å². The highest BCUT2D eigenvalue weighted by atomic mass is 16.3. The molecule has 0 fully saturated rings. The SMILES string of the molecule is Cc1cc(-c2cnccn2)ccc1O. The van der Waals surface area contributed by atoms with E-state index in [1.807, 2.05) is 19.1 Å². The molecule has 1 aromatic heterocycles. The predicted molar refractivity (Wildman–Crippen MR) is 53.9 cm³/mol. The summed E-state index contributed by atoms with van der Waals surface area (Å²) in [7, 11) is 0. The van der Waals surface area contributed by atoms with E-state index in [4.69, 9.17) is 0 Å². The lowest BCUT2D eigenvalue weighted by Crippen LogP contribution is -1.85. The molecule has 14 heavy (non-hydrogen) atoms. The number of phenols is 1. The highest BCUT2D eigenvalue weighted by Gasteiger charge is 2.01. The minimum atomic E-state index is 0.303. The molecule has 1 N–H and O–H groups in total. The minimum absolute atomic E-state index is 0.303. The molecule has 3 heteroatoms. The zero-order chi connectivity index (χ0) is 9.97. The molecule has 0 aliphatic rings. The predicted octanol–water partition coefficient (Wildman–Crippen LogP) is 2.16. The molecule has 0 aliphatic heterocycles. The third-order valence-corrected chi connectivity index (χ3v) is 2.06. The van der Waals surface area contributed by atoms with Crippen LogP contribution in [0.3, 0.4) is 0 Å². The molecular formula is C11H10N2O. The summed E-state index contributed by atoms with van der Waals surface area (Å²) >= 11 is 0. The van der Waals surface area contributed by atoms with Crippen LogP contribution in [0.15, 0.2) is 36.8 Å². The number of aryl methyl sites for hydroxylation is 1. The normalized spacial score (nSPS) is 10.1. The number of hydrogen-bond donors (Lipinski definition) is 1. The molecule has 1 heterocycles. The summed E-state index contributed by atoms with van der Waals surface area (Å²) < 4.78 is 0. The van der Waals surface area contributed by atoms with Gasteiger partial charge in [0.2, 0.25) is 0 Å². The molecule has 0 unspecified atom stereocenters. The lowest BCUT2D eigenvalue weighted by Gasteiger charge is -2.02. The van der Waals surface area contributed by atoms with Crippen molar-refractivity contribution in [3.8, 4) is 17.0 Å². The molecule has 0 spiro atoms. The van der Waals surface area contributed by atoms with Crippen LogP contribution in [0.4, 0.5) is 0 Å². The van der Waals surface area contributed by atoms with Crippen LogP contribution in [0.25, 0.3) is 11.3 Å². The van der Waals surface area contributed by atoms with Crippen molar-refractivity contribution in [1.29, 1.82) is 0 Å². The molecule has 1 aromatic carbocycles. The smallest absolute Gasteiger partial charge is 0.118 e. The Hall–Kier alpha value is -1.90. The first-order valence-corrected chi connectivity index (χ1v) is 4.33. The maximum absolute atomic E-state index is 9.35. The van der Waals surface area contributed by atoms with Gasteiger partial charge in [-0.25, -0.2) is 0 Å². The van der Waals surface area contributed by atoms with Gasteiger partial charge in [-0.15, -0.1) is 0 Å². The van der Waals surface area contributed by atoms with Crippen molar-refractivity contribution < 1.29 is 5.11 Å². The number of aromatic nitrogens is 2. The third-order valence-electron chi connectivity index (χ3n) is 2.06. The number of nitrogens with zero attached hydrogens (tertiary/aromatic N) is 2. The Morgan fingerprint density at radius 1 is 1.21 bits per heavy atom. The largest absolute Gasteiger partial charge is 0.508 e. The Labute approximate surface area is 82.1 Å². The molecule has 0 aliphatic carbocycles. The van der Waals surface area contributed by atoms with E-state index in [1.54, 1.807) is 24.7 Å². The van der Waals surface area contributed by atoms with Crippen molar-refractivity contribution in [2.45, 2.75) is 6.92 Å². The van der Waals surface area contributed by atoms with Gasteiger partial charge < -0.3 is 5.11 Å². The molecule has 2 rings (SSSR count). The van der Waals surface area contributed by atoms with Crippen molar-refractivity contribution >= 4 is 0 Å². The van der Waals surface area contributed by atoms with Crippen molar-refractivity contribution in [3.05, 3.63) is 42.4 Å². The van der Waals surface area contributed by atoms with Crippen LogP contribution in [-0.2, 0) is 0 Å². The minimum Gasteiger partial charge on any atom is -0.508 e. The van der Waals surface area contributed by atoms with Crippen molar-refractivity contribution in [2.75, 3.05) is 0 Å². The standard InChI is InChI=1S/C11H10N2O/c1-8-6-9(2-3-11(8)14)10-7-12-4-5-13-10/h2-7,14H,1H3. The van der Waals surface area contributed by atoms with Gasteiger partial charge in [-0.2, -0.15) is 0 Å². The first-order chi connectivity index (χ1) is 6.77. The van der Waals surface area contributed by atoms with E-state index < -0.39 is 0 Å². The molecule has 0 radical (unpaired) electrons. The van der Waals surface area contributed by atoms with Gasteiger partial charge in [-0.3, -0.25) is 9.97 Å². The van der Waals surface area contributed by atoms with Gasteiger partial charge in [0.1, 0.15) is 5.75 Å². The van der Waals surface area contributed by atoms with E-state index in [-0.39, 0.29) is 0 Å². The maximum atomic E-state index is 9.35. The summed E-state index contributed by atoms with van der Waals surface area (Å²) in [5.74, 6) is 0.303. The second-order valence-electron chi connectivity index (χ2n) is 3.09. The second kappa shape index (κ2) is 3.46. The molecular weight excluding hydrogens is 176 g/mol. The lowest BCUT2D eigenvalue weighted by atomic mass is 10.1.